The van der Waals surface area contributed by atoms with Gasteiger partial charge in [0.15, 0.2) is 5.82 Å². The van der Waals surface area contributed by atoms with Crippen molar-refractivity contribution in [2.45, 2.75) is 19.9 Å². The first-order chi connectivity index (χ1) is 9.61. The molecule has 7 heteroatoms. The van der Waals surface area contributed by atoms with Gasteiger partial charge in [-0.25, -0.2) is 4.98 Å². The minimum absolute atomic E-state index is 0.00264. The zero-order valence-corrected chi connectivity index (χ0v) is 12.6. The third-order valence-corrected chi connectivity index (χ3v) is 3.54. The van der Waals surface area contributed by atoms with E-state index < -0.39 is 0 Å². The number of piperazine rings is 1. The van der Waals surface area contributed by atoms with Crippen molar-refractivity contribution in [2.75, 3.05) is 37.6 Å². The molecule has 0 unspecified atom stereocenters. The van der Waals surface area contributed by atoms with Gasteiger partial charge in [0, 0.05) is 51.7 Å². The molecule has 0 radical (unpaired) electrons. The molecule has 0 aromatic carbocycles. The highest BCUT2D eigenvalue weighted by Gasteiger charge is 2.20. The number of anilines is 1. The number of aryl methyl sites for hydroxylation is 1. The molecule has 20 heavy (non-hydrogen) atoms. The molecule has 0 atom stereocenters. The van der Waals surface area contributed by atoms with Crippen molar-refractivity contribution < 1.29 is 0 Å². The Bertz CT molecular complexity index is 522. The summed E-state index contributed by atoms with van der Waals surface area (Å²) in [6.07, 6.45) is 4.39. The minimum Gasteiger partial charge on any atom is -0.392 e. The molecule has 6 nitrogen and oxygen atoms in total. The number of aromatic nitrogens is 2. The molecule has 0 amide bonds. The fourth-order valence-electron chi connectivity index (χ4n) is 2.41. The largest absolute Gasteiger partial charge is 0.392 e. The summed E-state index contributed by atoms with van der Waals surface area (Å²) >= 11 is 4.92. The summed E-state index contributed by atoms with van der Waals surface area (Å²) in [6.45, 7) is 6.69. The summed E-state index contributed by atoms with van der Waals surface area (Å²) in [4.78, 5) is 21.3. The van der Waals surface area contributed by atoms with Crippen LogP contribution in [0.2, 0.25) is 0 Å². The topological polar surface area (TPSA) is 67.4 Å². The van der Waals surface area contributed by atoms with Crippen LogP contribution in [-0.2, 0) is 6.54 Å². The van der Waals surface area contributed by atoms with Crippen molar-refractivity contribution in [3.8, 4) is 0 Å². The van der Waals surface area contributed by atoms with E-state index in [0.29, 0.717) is 17.4 Å². The minimum atomic E-state index is -0.00264. The van der Waals surface area contributed by atoms with Gasteiger partial charge < -0.3 is 15.2 Å². The third kappa shape index (κ3) is 3.55. The molecule has 0 saturated carbocycles. The number of nitrogens with zero attached hydrogens (tertiary/aromatic N) is 4. The Morgan fingerprint density at radius 2 is 2.10 bits per heavy atom. The van der Waals surface area contributed by atoms with E-state index in [0.717, 1.165) is 39.1 Å². The van der Waals surface area contributed by atoms with Gasteiger partial charge in [-0.1, -0.05) is 19.1 Å². The van der Waals surface area contributed by atoms with E-state index >= 15 is 0 Å². The smallest absolute Gasteiger partial charge is 0.293 e. The summed E-state index contributed by atoms with van der Waals surface area (Å²) in [5.41, 5.74) is 5.55. The SMILES string of the molecule is CCCn1ccnc(N2CCN(CC(N)=S)CC2)c1=O. The number of thiocarbonyl (C=S) groups is 1. The zero-order chi connectivity index (χ0) is 14.5. The highest BCUT2D eigenvalue weighted by molar-refractivity contribution is 7.80. The van der Waals surface area contributed by atoms with E-state index in [1.165, 1.54) is 0 Å². The summed E-state index contributed by atoms with van der Waals surface area (Å²) < 4.78 is 1.73. The quantitative estimate of drug-likeness (QED) is 0.775. The molecule has 1 fully saturated rings. The molecule has 2 N–H and O–H groups in total. The second-order valence-corrected chi connectivity index (χ2v) is 5.50. The van der Waals surface area contributed by atoms with Crippen LogP contribution in [0.15, 0.2) is 17.2 Å². The number of rotatable bonds is 5. The van der Waals surface area contributed by atoms with E-state index in [9.17, 15) is 4.79 Å². The van der Waals surface area contributed by atoms with E-state index in [2.05, 4.69) is 16.8 Å². The van der Waals surface area contributed by atoms with Crippen molar-refractivity contribution in [1.29, 1.82) is 0 Å². The Kier molecular flexibility index (Phi) is 5.08. The van der Waals surface area contributed by atoms with Crippen molar-refractivity contribution in [1.82, 2.24) is 14.5 Å². The molecule has 1 aromatic heterocycles. The molecule has 0 bridgehead atoms. The van der Waals surface area contributed by atoms with Crippen molar-refractivity contribution in [3.05, 3.63) is 22.7 Å². The molecule has 1 saturated heterocycles. The third-order valence-electron chi connectivity index (χ3n) is 3.41. The lowest BCUT2D eigenvalue weighted by Gasteiger charge is -2.34. The van der Waals surface area contributed by atoms with Crippen LogP contribution in [0.25, 0.3) is 0 Å². The monoisotopic (exact) mass is 295 g/mol. The van der Waals surface area contributed by atoms with Gasteiger partial charge in [-0.2, -0.15) is 0 Å². The lowest BCUT2D eigenvalue weighted by molar-refractivity contribution is 0.291. The van der Waals surface area contributed by atoms with Crippen LogP contribution in [0.1, 0.15) is 13.3 Å². The van der Waals surface area contributed by atoms with Gasteiger partial charge >= 0.3 is 0 Å². The first kappa shape index (κ1) is 14.9. The number of nitrogens with two attached hydrogens (primary N) is 1. The maximum atomic E-state index is 12.3. The maximum Gasteiger partial charge on any atom is 0.293 e. The summed E-state index contributed by atoms with van der Waals surface area (Å²) in [5, 5.41) is 0. The van der Waals surface area contributed by atoms with Crippen LogP contribution < -0.4 is 16.2 Å². The zero-order valence-electron chi connectivity index (χ0n) is 11.8. The molecule has 0 aliphatic carbocycles. The van der Waals surface area contributed by atoms with Crippen LogP contribution >= 0.6 is 12.2 Å². The second kappa shape index (κ2) is 6.81. The van der Waals surface area contributed by atoms with Crippen LogP contribution in [-0.4, -0.2) is 52.2 Å². The van der Waals surface area contributed by atoms with Gasteiger partial charge in [-0.05, 0) is 6.42 Å². The van der Waals surface area contributed by atoms with E-state index in [1.54, 1.807) is 17.0 Å². The molecule has 2 rings (SSSR count). The highest BCUT2D eigenvalue weighted by Crippen LogP contribution is 2.08. The molecule has 110 valence electrons. The molecule has 1 aliphatic heterocycles. The Balaban J connectivity index is 2.05. The first-order valence-corrected chi connectivity index (χ1v) is 7.33. The average Bonchev–Trinajstić information content (AvgIpc) is 2.42. The molecule has 2 heterocycles. The van der Waals surface area contributed by atoms with Gasteiger partial charge in [-0.3, -0.25) is 9.69 Å². The van der Waals surface area contributed by atoms with E-state index in [4.69, 9.17) is 18.0 Å². The molecule has 0 spiro atoms. The van der Waals surface area contributed by atoms with Crippen LogP contribution in [0.3, 0.4) is 0 Å². The van der Waals surface area contributed by atoms with E-state index in [1.807, 2.05) is 4.90 Å². The van der Waals surface area contributed by atoms with Crippen molar-refractivity contribution >= 4 is 23.0 Å². The van der Waals surface area contributed by atoms with Gasteiger partial charge in [0.2, 0.25) is 0 Å². The molecule has 1 aromatic rings. The maximum absolute atomic E-state index is 12.3. The summed E-state index contributed by atoms with van der Waals surface area (Å²) in [5.74, 6) is 0.552. The fraction of sp³-hybridized carbons (Fsp3) is 0.615. The summed E-state index contributed by atoms with van der Waals surface area (Å²) in [7, 11) is 0. The second-order valence-electron chi connectivity index (χ2n) is 4.98. The molecular formula is C13H21N5OS. The van der Waals surface area contributed by atoms with Gasteiger partial charge in [0.1, 0.15) is 0 Å². The highest BCUT2D eigenvalue weighted by atomic mass is 32.1. The van der Waals surface area contributed by atoms with Gasteiger partial charge in [-0.15, -0.1) is 0 Å². The lowest BCUT2D eigenvalue weighted by atomic mass is 10.3. The number of hydrogen-bond donors (Lipinski definition) is 1. The standard InChI is InChI=1S/C13H21N5OS/c1-2-4-18-5-3-15-12(13(18)19)17-8-6-16(7-9-17)10-11(14)20/h3,5H,2,4,6-10H2,1H3,(H2,14,20). The van der Waals surface area contributed by atoms with E-state index in [-0.39, 0.29) is 5.56 Å². The molecular weight excluding hydrogens is 274 g/mol. The first-order valence-electron chi connectivity index (χ1n) is 6.93. The normalized spacial score (nSPS) is 16.4. The Morgan fingerprint density at radius 1 is 1.40 bits per heavy atom. The fourth-order valence-corrected chi connectivity index (χ4v) is 2.59. The van der Waals surface area contributed by atoms with Crippen LogP contribution in [0.4, 0.5) is 5.82 Å². The van der Waals surface area contributed by atoms with Crippen LogP contribution in [0.5, 0.6) is 0 Å². The predicted octanol–water partition coefficient (Wildman–Crippen LogP) is 0.0614. The van der Waals surface area contributed by atoms with Crippen molar-refractivity contribution in [3.63, 3.8) is 0 Å². The lowest BCUT2D eigenvalue weighted by Crippen LogP contribution is -2.50. The Labute approximate surface area is 124 Å². The van der Waals surface area contributed by atoms with Crippen LogP contribution in [0, 0.1) is 0 Å². The van der Waals surface area contributed by atoms with Crippen molar-refractivity contribution in [2.24, 2.45) is 5.73 Å². The molecule has 1 aliphatic rings. The summed E-state index contributed by atoms with van der Waals surface area (Å²) in [6, 6.07) is 0. The predicted molar refractivity (Wildman–Crippen MR) is 84.2 cm³/mol. The Morgan fingerprint density at radius 3 is 2.70 bits per heavy atom. The average molecular weight is 295 g/mol. The van der Waals surface area contributed by atoms with Gasteiger partial charge in [0.05, 0.1) is 4.99 Å². The Hall–Kier alpha value is -1.47. The van der Waals surface area contributed by atoms with Gasteiger partial charge in [0.25, 0.3) is 5.56 Å². The number of hydrogen-bond acceptors (Lipinski definition) is 5.